The van der Waals surface area contributed by atoms with Gasteiger partial charge in [-0.25, -0.2) is 17.2 Å². The summed E-state index contributed by atoms with van der Waals surface area (Å²) in [4.78, 5) is -0.986. The van der Waals surface area contributed by atoms with Crippen molar-refractivity contribution in [2.24, 2.45) is 0 Å². The number of methoxy groups -OCH3 is 1. The molecule has 1 rings (SSSR count). The van der Waals surface area contributed by atoms with Gasteiger partial charge in [0.05, 0.1) is 6.61 Å². The second kappa shape index (κ2) is 6.27. The number of nitrogens with two attached hydrogens (primary N) is 1. The lowest BCUT2D eigenvalue weighted by molar-refractivity contribution is 0.180. The van der Waals surface area contributed by atoms with Gasteiger partial charge >= 0.3 is 0 Å². The quantitative estimate of drug-likeness (QED) is 0.800. The minimum absolute atomic E-state index is 0.0125. The van der Waals surface area contributed by atoms with E-state index in [1.54, 1.807) is 6.92 Å². The number of sulfonamides is 1. The average molecular weight is 294 g/mol. The highest BCUT2D eigenvalue weighted by Gasteiger charge is 2.30. The number of hydrogen-bond acceptors (Lipinski definition) is 4. The number of halogens is 2. The van der Waals surface area contributed by atoms with Crippen molar-refractivity contribution in [2.75, 3.05) is 32.5 Å². The summed E-state index contributed by atoms with van der Waals surface area (Å²) in [6.45, 7) is 1.79. The number of benzene rings is 1. The number of ether oxygens (including phenoxy) is 1. The number of rotatable bonds is 6. The predicted octanol–water partition coefficient (Wildman–Crippen LogP) is 1.20. The Morgan fingerprint density at radius 2 is 1.84 bits per heavy atom. The van der Waals surface area contributed by atoms with E-state index in [9.17, 15) is 17.2 Å². The van der Waals surface area contributed by atoms with E-state index >= 15 is 0 Å². The number of nitrogen functional groups attached to an aromatic ring is 1. The molecule has 2 N–H and O–H groups in total. The summed E-state index contributed by atoms with van der Waals surface area (Å²) in [5, 5.41) is 0. The minimum atomic E-state index is -4.25. The Labute approximate surface area is 111 Å². The molecule has 0 bridgehead atoms. The normalized spacial score (nSPS) is 12.1. The SMILES string of the molecule is CCN(CCOC)S(=O)(=O)c1c(F)cc(N)cc1F. The van der Waals surface area contributed by atoms with Crippen molar-refractivity contribution in [3.05, 3.63) is 23.8 Å². The molecule has 0 spiro atoms. The van der Waals surface area contributed by atoms with Gasteiger partial charge in [-0.3, -0.25) is 0 Å². The van der Waals surface area contributed by atoms with Crippen LogP contribution in [0.3, 0.4) is 0 Å². The van der Waals surface area contributed by atoms with Gasteiger partial charge in [0.1, 0.15) is 11.6 Å². The molecule has 0 aliphatic heterocycles. The average Bonchev–Trinajstić information content (AvgIpc) is 2.27. The highest BCUT2D eigenvalue weighted by atomic mass is 32.2. The highest BCUT2D eigenvalue weighted by Crippen LogP contribution is 2.24. The molecule has 108 valence electrons. The van der Waals surface area contributed by atoms with Gasteiger partial charge in [-0.1, -0.05) is 6.92 Å². The van der Waals surface area contributed by atoms with E-state index in [4.69, 9.17) is 10.5 Å². The Bertz CT molecular complexity index is 526. The lowest BCUT2D eigenvalue weighted by Crippen LogP contribution is -2.34. The van der Waals surface area contributed by atoms with Crippen LogP contribution in [0.5, 0.6) is 0 Å². The van der Waals surface area contributed by atoms with Crippen LogP contribution in [0.4, 0.5) is 14.5 Å². The molecule has 0 saturated carbocycles. The van der Waals surface area contributed by atoms with Crippen molar-refractivity contribution in [1.29, 1.82) is 0 Å². The second-order valence-corrected chi connectivity index (χ2v) is 5.68. The van der Waals surface area contributed by atoms with E-state index in [1.807, 2.05) is 0 Å². The Morgan fingerprint density at radius 1 is 1.32 bits per heavy atom. The molecule has 0 unspecified atom stereocenters. The molecule has 1 aromatic carbocycles. The van der Waals surface area contributed by atoms with E-state index < -0.39 is 26.6 Å². The van der Waals surface area contributed by atoms with Gasteiger partial charge in [-0.15, -0.1) is 0 Å². The second-order valence-electron chi connectivity index (χ2n) is 3.80. The zero-order valence-electron chi connectivity index (χ0n) is 10.7. The molecule has 0 saturated heterocycles. The van der Waals surface area contributed by atoms with Crippen molar-refractivity contribution in [2.45, 2.75) is 11.8 Å². The zero-order chi connectivity index (χ0) is 14.6. The molecule has 0 atom stereocenters. The maximum Gasteiger partial charge on any atom is 0.248 e. The maximum atomic E-state index is 13.7. The molecule has 0 aromatic heterocycles. The number of anilines is 1. The van der Waals surface area contributed by atoms with Crippen molar-refractivity contribution >= 4 is 15.7 Å². The van der Waals surface area contributed by atoms with E-state index in [2.05, 4.69) is 0 Å². The van der Waals surface area contributed by atoms with Gasteiger partial charge in [-0.05, 0) is 12.1 Å². The third-order valence-corrected chi connectivity index (χ3v) is 4.54. The molecule has 0 fully saturated rings. The van der Waals surface area contributed by atoms with E-state index in [0.29, 0.717) is 0 Å². The first-order valence-corrected chi connectivity index (χ1v) is 7.02. The van der Waals surface area contributed by atoms with Gasteiger partial charge in [0.25, 0.3) is 0 Å². The third kappa shape index (κ3) is 3.40. The van der Waals surface area contributed by atoms with Crippen molar-refractivity contribution in [3.63, 3.8) is 0 Å². The minimum Gasteiger partial charge on any atom is -0.399 e. The summed E-state index contributed by atoms with van der Waals surface area (Å²) < 4.78 is 57.4. The monoisotopic (exact) mass is 294 g/mol. The van der Waals surface area contributed by atoms with Crippen LogP contribution in [0.15, 0.2) is 17.0 Å². The van der Waals surface area contributed by atoms with Gasteiger partial charge in [-0.2, -0.15) is 4.31 Å². The Hall–Kier alpha value is -1.25. The van der Waals surface area contributed by atoms with E-state index in [1.165, 1.54) is 7.11 Å². The zero-order valence-corrected chi connectivity index (χ0v) is 11.5. The summed E-state index contributed by atoms with van der Waals surface area (Å²) in [5.41, 5.74) is 5.08. The van der Waals surface area contributed by atoms with Crippen LogP contribution in [0.1, 0.15) is 6.92 Å². The molecule has 5 nitrogen and oxygen atoms in total. The van der Waals surface area contributed by atoms with Gasteiger partial charge in [0.15, 0.2) is 4.90 Å². The molecule has 8 heteroatoms. The summed E-state index contributed by atoms with van der Waals surface area (Å²) >= 11 is 0. The van der Waals surface area contributed by atoms with Crippen molar-refractivity contribution in [1.82, 2.24) is 4.31 Å². The van der Waals surface area contributed by atoms with Gasteiger partial charge in [0, 0.05) is 25.9 Å². The Kier molecular flexibility index (Phi) is 5.21. The van der Waals surface area contributed by atoms with Crippen LogP contribution in [0.2, 0.25) is 0 Å². The first-order chi connectivity index (χ1) is 8.84. The number of hydrogen-bond donors (Lipinski definition) is 1. The fourth-order valence-electron chi connectivity index (χ4n) is 1.60. The molecule has 19 heavy (non-hydrogen) atoms. The first-order valence-electron chi connectivity index (χ1n) is 5.58. The van der Waals surface area contributed by atoms with Crippen LogP contribution in [0, 0.1) is 11.6 Å². The fourth-order valence-corrected chi connectivity index (χ4v) is 3.12. The molecule has 0 aliphatic rings. The Morgan fingerprint density at radius 3 is 2.26 bits per heavy atom. The molecule has 0 heterocycles. The summed E-state index contributed by atoms with van der Waals surface area (Å²) in [5.74, 6) is -2.40. The summed E-state index contributed by atoms with van der Waals surface area (Å²) in [6, 6.07) is 1.56. The number of likely N-dealkylation sites (N-methyl/N-ethyl adjacent to an activating group) is 1. The van der Waals surface area contributed by atoms with Crippen LogP contribution in [-0.4, -0.2) is 39.5 Å². The largest absolute Gasteiger partial charge is 0.399 e. The smallest absolute Gasteiger partial charge is 0.248 e. The maximum absolute atomic E-state index is 13.7. The molecule has 0 amide bonds. The molecular weight excluding hydrogens is 278 g/mol. The fraction of sp³-hybridized carbons (Fsp3) is 0.455. The highest BCUT2D eigenvalue weighted by molar-refractivity contribution is 7.89. The standard InChI is InChI=1S/C11H16F2N2O3S/c1-3-15(4-5-18-2)19(16,17)11-9(12)6-8(14)7-10(11)13/h6-7H,3-5,14H2,1-2H3. The molecule has 0 radical (unpaired) electrons. The topological polar surface area (TPSA) is 72.6 Å². The molecule has 1 aromatic rings. The lowest BCUT2D eigenvalue weighted by atomic mass is 10.3. The van der Waals surface area contributed by atoms with Crippen molar-refractivity contribution in [3.8, 4) is 0 Å². The number of nitrogens with zero attached hydrogens (tertiary/aromatic N) is 1. The van der Waals surface area contributed by atoms with Gasteiger partial charge in [0.2, 0.25) is 10.0 Å². The predicted molar refractivity (Wildman–Crippen MR) is 67.1 cm³/mol. The lowest BCUT2D eigenvalue weighted by Gasteiger charge is -2.20. The van der Waals surface area contributed by atoms with E-state index in [-0.39, 0.29) is 25.4 Å². The summed E-state index contributed by atoms with van der Waals surface area (Å²) in [7, 11) is -2.85. The third-order valence-electron chi connectivity index (χ3n) is 2.52. The van der Waals surface area contributed by atoms with Crippen LogP contribution < -0.4 is 5.73 Å². The van der Waals surface area contributed by atoms with Crippen LogP contribution >= 0.6 is 0 Å². The Balaban J connectivity index is 3.26. The first kappa shape index (κ1) is 15.8. The van der Waals surface area contributed by atoms with Gasteiger partial charge < -0.3 is 10.5 Å². The molecule has 0 aliphatic carbocycles. The molecular formula is C11H16F2N2O3S. The van der Waals surface area contributed by atoms with Crippen molar-refractivity contribution < 1.29 is 21.9 Å². The van der Waals surface area contributed by atoms with E-state index in [0.717, 1.165) is 16.4 Å². The van der Waals surface area contributed by atoms with Crippen LogP contribution in [-0.2, 0) is 14.8 Å². The summed E-state index contributed by atoms with van der Waals surface area (Å²) in [6.07, 6.45) is 0. The van der Waals surface area contributed by atoms with Crippen LogP contribution in [0.25, 0.3) is 0 Å².